The van der Waals surface area contributed by atoms with Crippen LogP contribution in [0, 0.1) is 11.3 Å². The number of oxime groups is 1. The van der Waals surface area contributed by atoms with E-state index in [1.807, 2.05) is 0 Å². The van der Waals surface area contributed by atoms with Crippen molar-refractivity contribution in [3.05, 3.63) is 0 Å². The number of nitrogens with two attached hydrogens (primary N) is 1. The molecule has 98 valence electrons. The molecule has 0 aliphatic heterocycles. The molecule has 1 fully saturated rings. The van der Waals surface area contributed by atoms with Crippen molar-refractivity contribution in [3.8, 4) is 0 Å². The van der Waals surface area contributed by atoms with Crippen LogP contribution in [0.25, 0.3) is 0 Å². The molecule has 1 aliphatic carbocycles. The van der Waals surface area contributed by atoms with E-state index in [1.165, 1.54) is 0 Å². The largest absolute Gasteiger partial charge is 0.409 e. The lowest BCUT2D eigenvalue weighted by Crippen LogP contribution is -2.36. The van der Waals surface area contributed by atoms with Crippen LogP contribution in [-0.2, 0) is 4.79 Å². The van der Waals surface area contributed by atoms with Crippen molar-refractivity contribution in [1.29, 1.82) is 0 Å². The second kappa shape index (κ2) is 5.89. The van der Waals surface area contributed by atoms with Gasteiger partial charge in [0.05, 0.1) is 0 Å². The fourth-order valence-corrected chi connectivity index (χ4v) is 2.47. The summed E-state index contributed by atoms with van der Waals surface area (Å²) in [6.45, 7) is 4.89. The van der Waals surface area contributed by atoms with Gasteiger partial charge < -0.3 is 16.3 Å². The molecule has 0 heterocycles. The number of rotatable bonds is 5. The molecule has 1 aliphatic rings. The lowest BCUT2D eigenvalue weighted by Gasteiger charge is -2.25. The van der Waals surface area contributed by atoms with Gasteiger partial charge in [0.2, 0.25) is 5.91 Å². The summed E-state index contributed by atoms with van der Waals surface area (Å²) in [7, 11) is 0. The normalized spacial score (nSPS) is 23.6. The Labute approximate surface area is 102 Å². The Balaban J connectivity index is 2.26. The van der Waals surface area contributed by atoms with E-state index in [0.29, 0.717) is 19.4 Å². The van der Waals surface area contributed by atoms with Gasteiger partial charge in [0.1, 0.15) is 5.84 Å². The predicted octanol–water partition coefficient (Wildman–Crippen LogP) is 1.46. The van der Waals surface area contributed by atoms with Crippen LogP contribution in [0.3, 0.4) is 0 Å². The van der Waals surface area contributed by atoms with E-state index in [-0.39, 0.29) is 23.1 Å². The molecule has 1 unspecified atom stereocenters. The van der Waals surface area contributed by atoms with Crippen LogP contribution in [0.4, 0.5) is 0 Å². The Kier molecular flexibility index (Phi) is 4.78. The smallest absolute Gasteiger partial charge is 0.223 e. The lowest BCUT2D eigenvalue weighted by molar-refractivity contribution is -0.127. The van der Waals surface area contributed by atoms with Gasteiger partial charge >= 0.3 is 0 Å². The second-order valence-corrected chi connectivity index (χ2v) is 5.42. The van der Waals surface area contributed by atoms with E-state index < -0.39 is 0 Å². The predicted molar refractivity (Wildman–Crippen MR) is 66.8 cm³/mol. The second-order valence-electron chi connectivity index (χ2n) is 5.42. The number of hydrogen-bond donors (Lipinski definition) is 3. The SMILES string of the molecule is CC1(C)CCCC1C(=O)NCCCC(N)=NO. The van der Waals surface area contributed by atoms with Gasteiger partial charge in [-0.25, -0.2) is 0 Å². The third kappa shape index (κ3) is 3.91. The fourth-order valence-electron chi connectivity index (χ4n) is 2.47. The van der Waals surface area contributed by atoms with Gasteiger partial charge in [0, 0.05) is 18.9 Å². The van der Waals surface area contributed by atoms with Crippen LogP contribution in [0.5, 0.6) is 0 Å². The van der Waals surface area contributed by atoms with E-state index in [4.69, 9.17) is 10.9 Å². The van der Waals surface area contributed by atoms with E-state index >= 15 is 0 Å². The van der Waals surface area contributed by atoms with Gasteiger partial charge in [-0.15, -0.1) is 0 Å². The number of nitrogens with zero attached hydrogens (tertiary/aromatic N) is 1. The Morgan fingerprint density at radius 3 is 2.82 bits per heavy atom. The first-order valence-corrected chi connectivity index (χ1v) is 6.21. The van der Waals surface area contributed by atoms with Crippen molar-refractivity contribution >= 4 is 11.7 Å². The van der Waals surface area contributed by atoms with Gasteiger partial charge in [0.15, 0.2) is 0 Å². The van der Waals surface area contributed by atoms with Crippen LogP contribution in [0.15, 0.2) is 5.16 Å². The minimum atomic E-state index is 0.121. The zero-order chi connectivity index (χ0) is 12.9. The summed E-state index contributed by atoms with van der Waals surface area (Å²) >= 11 is 0. The number of hydrogen-bond acceptors (Lipinski definition) is 3. The molecule has 5 heteroatoms. The molecule has 5 nitrogen and oxygen atoms in total. The number of amides is 1. The van der Waals surface area contributed by atoms with Gasteiger partial charge in [-0.1, -0.05) is 25.4 Å². The molecule has 0 aromatic carbocycles. The first-order chi connectivity index (χ1) is 7.97. The van der Waals surface area contributed by atoms with Crippen LogP contribution in [0.2, 0.25) is 0 Å². The van der Waals surface area contributed by atoms with Crippen molar-refractivity contribution in [2.75, 3.05) is 6.54 Å². The van der Waals surface area contributed by atoms with Crippen molar-refractivity contribution in [3.63, 3.8) is 0 Å². The summed E-state index contributed by atoms with van der Waals surface area (Å²) in [6, 6.07) is 0. The Morgan fingerprint density at radius 2 is 2.29 bits per heavy atom. The average Bonchev–Trinajstić information content (AvgIpc) is 2.63. The van der Waals surface area contributed by atoms with E-state index in [0.717, 1.165) is 19.3 Å². The van der Waals surface area contributed by atoms with Gasteiger partial charge in [-0.05, 0) is 24.7 Å². The topological polar surface area (TPSA) is 87.7 Å². The third-order valence-corrected chi connectivity index (χ3v) is 3.61. The lowest BCUT2D eigenvalue weighted by atomic mass is 9.81. The highest BCUT2D eigenvalue weighted by Gasteiger charge is 2.38. The molecule has 0 aromatic rings. The minimum absolute atomic E-state index is 0.121. The van der Waals surface area contributed by atoms with Gasteiger partial charge in [-0.2, -0.15) is 0 Å². The first-order valence-electron chi connectivity index (χ1n) is 6.21. The summed E-state index contributed by atoms with van der Waals surface area (Å²) in [4.78, 5) is 12.0. The minimum Gasteiger partial charge on any atom is -0.409 e. The standard InChI is InChI=1S/C12H23N3O2/c1-12(2)7-3-5-9(12)11(16)14-8-4-6-10(13)15-17/h9,17H,3-8H2,1-2H3,(H2,13,15)(H,14,16). The maximum Gasteiger partial charge on any atom is 0.223 e. The zero-order valence-electron chi connectivity index (χ0n) is 10.7. The highest BCUT2D eigenvalue weighted by atomic mass is 16.4. The molecule has 0 radical (unpaired) electrons. The highest BCUT2D eigenvalue weighted by molar-refractivity contribution is 5.80. The Bertz CT molecular complexity index is 300. The monoisotopic (exact) mass is 241 g/mol. The zero-order valence-corrected chi connectivity index (χ0v) is 10.7. The molecule has 1 saturated carbocycles. The summed E-state index contributed by atoms with van der Waals surface area (Å²) in [5.74, 6) is 0.485. The molecular weight excluding hydrogens is 218 g/mol. The van der Waals surface area contributed by atoms with Crippen molar-refractivity contribution in [1.82, 2.24) is 5.32 Å². The van der Waals surface area contributed by atoms with E-state index in [9.17, 15) is 4.79 Å². The molecule has 0 aromatic heterocycles. The molecular formula is C12H23N3O2. The maximum absolute atomic E-state index is 12.0. The number of amidine groups is 1. The number of nitrogens with one attached hydrogen (secondary N) is 1. The third-order valence-electron chi connectivity index (χ3n) is 3.61. The van der Waals surface area contributed by atoms with E-state index in [2.05, 4.69) is 24.3 Å². The molecule has 0 bridgehead atoms. The van der Waals surface area contributed by atoms with Crippen molar-refractivity contribution < 1.29 is 10.0 Å². The molecule has 17 heavy (non-hydrogen) atoms. The summed E-state index contributed by atoms with van der Waals surface area (Å²) in [6.07, 6.45) is 4.45. The van der Waals surface area contributed by atoms with Crippen LogP contribution in [0.1, 0.15) is 46.0 Å². The molecule has 4 N–H and O–H groups in total. The molecule has 0 spiro atoms. The average molecular weight is 241 g/mol. The van der Waals surface area contributed by atoms with E-state index in [1.54, 1.807) is 0 Å². The number of carbonyl (C=O) groups is 1. The van der Waals surface area contributed by atoms with Gasteiger partial charge in [0.25, 0.3) is 0 Å². The number of carbonyl (C=O) groups excluding carboxylic acids is 1. The molecule has 1 rings (SSSR count). The summed E-state index contributed by atoms with van der Waals surface area (Å²) < 4.78 is 0. The van der Waals surface area contributed by atoms with Gasteiger partial charge in [-0.3, -0.25) is 4.79 Å². The summed E-state index contributed by atoms with van der Waals surface area (Å²) in [5.41, 5.74) is 5.46. The van der Waals surface area contributed by atoms with Crippen molar-refractivity contribution in [2.45, 2.75) is 46.0 Å². The Hall–Kier alpha value is -1.26. The molecule has 1 atom stereocenters. The molecule has 0 saturated heterocycles. The highest BCUT2D eigenvalue weighted by Crippen LogP contribution is 2.42. The van der Waals surface area contributed by atoms with Crippen LogP contribution in [-0.4, -0.2) is 23.5 Å². The fraction of sp³-hybridized carbons (Fsp3) is 0.833. The maximum atomic E-state index is 12.0. The van der Waals surface area contributed by atoms with Crippen LogP contribution >= 0.6 is 0 Å². The first kappa shape index (κ1) is 13.8. The quantitative estimate of drug-likeness (QED) is 0.224. The summed E-state index contributed by atoms with van der Waals surface area (Å²) in [5, 5.41) is 14.2. The Morgan fingerprint density at radius 1 is 1.59 bits per heavy atom. The molecule has 1 amide bonds. The van der Waals surface area contributed by atoms with Crippen molar-refractivity contribution in [2.24, 2.45) is 22.2 Å². The van der Waals surface area contributed by atoms with Crippen LogP contribution < -0.4 is 11.1 Å².